The second-order valence-electron chi connectivity index (χ2n) is 6.73. The van der Waals surface area contributed by atoms with Gasteiger partial charge in [-0.15, -0.1) is 10.2 Å². The molecule has 0 bridgehead atoms. The SMILES string of the molecule is Cc1ccc2c(c1)[C@H](NC(=O)NCc1nnc3ccccn13)[C@@H](C)C2. The van der Waals surface area contributed by atoms with Crippen LogP contribution in [0.2, 0.25) is 0 Å². The van der Waals surface area contributed by atoms with E-state index in [0.717, 1.165) is 12.1 Å². The standard InChI is InChI=1S/C19H21N5O/c1-12-6-7-14-10-13(2)18(15(14)9-12)21-19(25)20-11-17-23-22-16-5-3-4-8-24(16)17/h3-9,13,18H,10-11H2,1-2H3,(H2,20,21,25)/t13-,18+/m0/s1. The number of urea groups is 1. The zero-order valence-corrected chi connectivity index (χ0v) is 14.4. The zero-order chi connectivity index (χ0) is 17.4. The number of aryl methyl sites for hydroxylation is 1. The minimum absolute atomic E-state index is 0.0463. The van der Waals surface area contributed by atoms with Crippen molar-refractivity contribution in [3.63, 3.8) is 0 Å². The van der Waals surface area contributed by atoms with Gasteiger partial charge in [-0.05, 0) is 42.5 Å². The van der Waals surface area contributed by atoms with E-state index in [1.807, 2.05) is 28.8 Å². The molecule has 2 heterocycles. The van der Waals surface area contributed by atoms with E-state index in [4.69, 9.17) is 0 Å². The van der Waals surface area contributed by atoms with Gasteiger partial charge in [0.1, 0.15) is 0 Å². The summed E-state index contributed by atoms with van der Waals surface area (Å²) in [7, 11) is 0. The molecule has 0 saturated carbocycles. The largest absolute Gasteiger partial charge is 0.331 e. The summed E-state index contributed by atoms with van der Waals surface area (Å²) >= 11 is 0. The van der Waals surface area contributed by atoms with Gasteiger partial charge in [-0.25, -0.2) is 4.79 Å². The van der Waals surface area contributed by atoms with Crippen LogP contribution in [0.5, 0.6) is 0 Å². The molecule has 4 rings (SSSR count). The van der Waals surface area contributed by atoms with Gasteiger partial charge in [-0.2, -0.15) is 0 Å². The van der Waals surface area contributed by atoms with E-state index < -0.39 is 0 Å². The van der Waals surface area contributed by atoms with Crippen LogP contribution >= 0.6 is 0 Å². The van der Waals surface area contributed by atoms with Crippen molar-refractivity contribution in [3.8, 4) is 0 Å². The molecule has 6 nitrogen and oxygen atoms in total. The van der Waals surface area contributed by atoms with Crippen molar-refractivity contribution < 1.29 is 4.79 Å². The minimum Gasteiger partial charge on any atom is -0.331 e. The van der Waals surface area contributed by atoms with Crippen molar-refractivity contribution >= 4 is 11.7 Å². The van der Waals surface area contributed by atoms with Crippen LogP contribution in [-0.4, -0.2) is 20.6 Å². The quantitative estimate of drug-likeness (QED) is 0.773. The maximum absolute atomic E-state index is 12.4. The highest BCUT2D eigenvalue weighted by molar-refractivity contribution is 5.74. The first-order valence-corrected chi connectivity index (χ1v) is 8.54. The van der Waals surface area contributed by atoms with Crippen molar-refractivity contribution in [1.82, 2.24) is 25.2 Å². The second kappa shape index (κ2) is 6.20. The Morgan fingerprint density at radius 3 is 3.04 bits per heavy atom. The van der Waals surface area contributed by atoms with E-state index in [1.54, 1.807) is 0 Å². The molecule has 2 N–H and O–H groups in total. The normalized spacial score (nSPS) is 19.0. The van der Waals surface area contributed by atoms with Crippen LogP contribution in [0.3, 0.4) is 0 Å². The Kier molecular flexibility index (Phi) is 3.87. The fourth-order valence-corrected chi connectivity index (χ4v) is 3.54. The monoisotopic (exact) mass is 335 g/mol. The summed E-state index contributed by atoms with van der Waals surface area (Å²) in [5, 5.41) is 14.2. The van der Waals surface area contributed by atoms with Crippen LogP contribution in [0.1, 0.15) is 35.5 Å². The number of aromatic nitrogens is 3. The topological polar surface area (TPSA) is 71.3 Å². The molecule has 1 aliphatic rings. The molecule has 2 aromatic heterocycles. The molecule has 1 aliphatic carbocycles. The van der Waals surface area contributed by atoms with Crippen LogP contribution < -0.4 is 10.6 Å². The summed E-state index contributed by atoms with van der Waals surface area (Å²) in [5.41, 5.74) is 4.55. The fraction of sp³-hybridized carbons (Fsp3) is 0.316. The highest BCUT2D eigenvalue weighted by Gasteiger charge is 2.30. The first kappa shape index (κ1) is 15.6. The first-order chi connectivity index (χ1) is 12.1. The zero-order valence-electron chi connectivity index (χ0n) is 14.4. The first-order valence-electron chi connectivity index (χ1n) is 8.54. The molecule has 1 aromatic carbocycles. The summed E-state index contributed by atoms with van der Waals surface area (Å²) in [6, 6.07) is 12.1. The molecule has 0 radical (unpaired) electrons. The lowest BCUT2D eigenvalue weighted by molar-refractivity contribution is 0.233. The summed E-state index contributed by atoms with van der Waals surface area (Å²) in [4.78, 5) is 12.4. The molecule has 25 heavy (non-hydrogen) atoms. The van der Waals surface area contributed by atoms with E-state index in [2.05, 4.69) is 52.9 Å². The van der Waals surface area contributed by atoms with Crippen molar-refractivity contribution in [2.24, 2.45) is 5.92 Å². The lowest BCUT2D eigenvalue weighted by Gasteiger charge is -2.19. The molecule has 0 aliphatic heterocycles. The summed E-state index contributed by atoms with van der Waals surface area (Å²) < 4.78 is 1.87. The van der Waals surface area contributed by atoms with Crippen molar-refractivity contribution in [2.75, 3.05) is 0 Å². The number of nitrogens with zero attached hydrogens (tertiary/aromatic N) is 3. The minimum atomic E-state index is -0.182. The Morgan fingerprint density at radius 2 is 2.16 bits per heavy atom. The smallest absolute Gasteiger partial charge is 0.315 e. The van der Waals surface area contributed by atoms with Crippen molar-refractivity contribution in [1.29, 1.82) is 0 Å². The third kappa shape index (κ3) is 2.95. The van der Waals surface area contributed by atoms with Crippen LogP contribution in [0.4, 0.5) is 4.79 Å². The predicted molar refractivity (Wildman–Crippen MR) is 95.1 cm³/mol. The number of fused-ring (bicyclic) bond motifs is 2. The summed E-state index contributed by atoms with van der Waals surface area (Å²) in [5.74, 6) is 1.10. The van der Waals surface area contributed by atoms with E-state index in [1.165, 1.54) is 16.7 Å². The average molecular weight is 335 g/mol. The van der Waals surface area contributed by atoms with E-state index in [0.29, 0.717) is 18.3 Å². The van der Waals surface area contributed by atoms with Gasteiger partial charge in [0, 0.05) is 6.20 Å². The van der Waals surface area contributed by atoms with Gasteiger partial charge in [0.25, 0.3) is 0 Å². The molecule has 2 atom stereocenters. The number of carbonyl (C=O) groups is 1. The predicted octanol–water partition coefficient (Wildman–Crippen LogP) is 2.77. The number of rotatable bonds is 3. The van der Waals surface area contributed by atoms with Gasteiger partial charge in [0.15, 0.2) is 11.5 Å². The molecule has 0 saturated heterocycles. The average Bonchev–Trinajstić information content (AvgIpc) is 3.15. The summed E-state index contributed by atoms with van der Waals surface area (Å²) in [6.07, 6.45) is 2.89. The molecule has 0 fully saturated rings. The molecule has 6 heteroatoms. The van der Waals surface area contributed by atoms with Gasteiger partial charge < -0.3 is 10.6 Å². The number of hydrogen-bond acceptors (Lipinski definition) is 3. The van der Waals surface area contributed by atoms with Crippen LogP contribution in [0, 0.1) is 12.8 Å². The number of benzene rings is 1. The van der Waals surface area contributed by atoms with Gasteiger partial charge in [-0.3, -0.25) is 4.40 Å². The second-order valence-corrected chi connectivity index (χ2v) is 6.73. The fourth-order valence-electron chi connectivity index (χ4n) is 3.54. The molecular weight excluding hydrogens is 314 g/mol. The van der Waals surface area contributed by atoms with Gasteiger partial charge in [-0.1, -0.05) is 36.8 Å². The lowest BCUT2D eigenvalue weighted by Crippen LogP contribution is -2.39. The summed E-state index contributed by atoms with van der Waals surface area (Å²) in [6.45, 7) is 4.59. The maximum atomic E-state index is 12.4. The molecule has 3 aromatic rings. The molecular formula is C19H21N5O. The number of nitrogens with one attached hydrogen (secondary N) is 2. The van der Waals surface area contributed by atoms with Gasteiger partial charge >= 0.3 is 6.03 Å². The van der Waals surface area contributed by atoms with E-state index in [-0.39, 0.29) is 12.1 Å². The Labute approximate surface area is 146 Å². The van der Waals surface area contributed by atoms with Crippen molar-refractivity contribution in [3.05, 3.63) is 65.1 Å². The Bertz CT molecular complexity index is 932. The number of pyridine rings is 1. The van der Waals surface area contributed by atoms with E-state index in [9.17, 15) is 4.79 Å². The van der Waals surface area contributed by atoms with E-state index >= 15 is 0 Å². The molecule has 2 amide bonds. The maximum Gasteiger partial charge on any atom is 0.315 e. The number of carbonyl (C=O) groups excluding carboxylic acids is 1. The van der Waals surface area contributed by atoms with Gasteiger partial charge in [0.2, 0.25) is 0 Å². The number of hydrogen-bond donors (Lipinski definition) is 2. The molecule has 128 valence electrons. The van der Waals surface area contributed by atoms with Crippen LogP contribution in [-0.2, 0) is 13.0 Å². The van der Waals surface area contributed by atoms with Crippen LogP contribution in [0.25, 0.3) is 5.65 Å². The highest BCUT2D eigenvalue weighted by Crippen LogP contribution is 2.36. The molecule has 0 unspecified atom stereocenters. The highest BCUT2D eigenvalue weighted by atomic mass is 16.2. The third-order valence-electron chi connectivity index (χ3n) is 4.83. The Morgan fingerprint density at radius 1 is 1.28 bits per heavy atom. The van der Waals surface area contributed by atoms with Crippen molar-refractivity contribution in [2.45, 2.75) is 32.9 Å². The van der Waals surface area contributed by atoms with Crippen LogP contribution in [0.15, 0.2) is 42.6 Å². The Hall–Kier alpha value is -2.89. The Balaban J connectivity index is 1.44. The number of amides is 2. The third-order valence-corrected chi connectivity index (χ3v) is 4.83. The van der Waals surface area contributed by atoms with Gasteiger partial charge in [0.05, 0.1) is 12.6 Å². The lowest BCUT2D eigenvalue weighted by atomic mass is 10.0. The molecule has 0 spiro atoms.